The SMILES string of the molecule is COc1ccc(NC(=O)CN2C(=O)C3C4CC(C3C2=O)C2C4Sc3[nH]c(=O)sc3[C@@H]2c2ccc(C(C)(C)C)cc2)cc1. The second-order valence-electron chi connectivity index (χ2n) is 12.9. The number of amides is 3. The van der Waals surface area contributed by atoms with Crippen LogP contribution in [0.1, 0.15) is 49.1 Å². The van der Waals surface area contributed by atoms with E-state index >= 15 is 0 Å². The maximum absolute atomic E-state index is 13.8. The molecule has 2 aromatic carbocycles. The predicted molar refractivity (Wildman–Crippen MR) is 162 cm³/mol. The Labute approximate surface area is 252 Å². The third-order valence-electron chi connectivity index (χ3n) is 9.63. The van der Waals surface area contributed by atoms with Crippen LogP contribution in [0.5, 0.6) is 5.75 Å². The Hall–Kier alpha value is -3.37. The molecule has 2 bridgehead atoms. The lowest BCUT2D eigenvalue weighted by Crippen LogP contribution is -2.42. The minimum absolute atomic E-state index is 0.0150. The van der Waals surface area contributed by atoms with E-state index in [1.807, 2.05) is 0 Å². The molecule has 218 valence electrons. The van der Waals surface area contributed by atoms with Crippen molar-refractivity contribution in [2.45, 2.75) is 48.8 Å². The quantitative estimate of drug-likeness (QED) is 0.404. The fraction of sp³-hybridized carbons (Fsp3) is 0.438. The molecule has 42 heavy (non-hydrogen) atoms. The maximum atomic E-state index is 13.8. The van der Waals surface area contributed by atoms with Crippen LogP contribution in [0, 0.1) is 29.6 Å². The summed E-state index contributed by atoms with van der Waals surface area (Å²) in [6.45, 7) is 6.27. The van der Waals surface area contributed by atoms with E-state index in [2.05, 4.69) is 55.3 Å². The number of thioether (sulfide) groups is 1. The largest absolute Gasteiger partial charge is 0.497 e. The van der Waals surface area contributed by atoms with E-state index in [0.29, 0.717) is 11.4 Å². The lowest BCUT2D eigenvalue weighted by Gasteiger charge is -2.43. The fourth-order valence-electron chi connectivity index (χ4n) is 7.82. The summed E-state index contributed by atoms with van der Waals surface area (Å²) < 4.78 is 5.17. The summed E-state index contributed by atoms with van der Waals surface area (Å²) in [7, 11) is 1.57. The van der Waals surface area contributed by atoms with Gasteiger partial charge < -0.3 is 15.0 Å². The van der Waals surface area contributed by atoms with Gasteiger partial charge in [0.1, 0.15) is 12.3 Å². The van der Waals surface area contributed by atoms with Crippen LogP contribution >= 0.6 is 23.1 Å². The van der Waals surface area contributed by atoms with Crippen molar-refractivity contribution in [3.8, 4) is 5.75 Å². The van der Waals surface area contributed by atoms with Crippen molar-refractivity contribution >= 4 is 46.5 Å². The molecular weight excluding hydrogens is 571 g/mol. The number of rotatable bonds is 5. The summed E-state index contributed by atoms with van der Waals surface area (Å²) in [5.41, 5.74) is 2.98. The van der Waals surface area contributed by atoms with Gasteiger partial charge in [-0.2, -0.15) is 0 Å². The van der Waals surface area contributed by atoms with Gasteiger partial charge in [-0.15, -0.1) is 11.8 Å². The average molecular weight is 604 g/mol. The first-order valence-corrected chi connectivity index (χ1v) is 16.0. The van der Waals surface area contributed by atoms with E-state index in [1.165, 1.54) is 21.8 Å². The predicted octanol–water partition coefficient (Wildman–Crippen LogP) is 4.85. The highest BCUT2D eigenvalue weighted by atomic mass is 32.2. The Bertz CT molecular complexity index is 1640. The molecule has 2 saturated carbocycles. The van der Waals surface area contributed by atoms with Crippen LogP contribution < -0.4 is 14.9 Å². The van der Waals surface area contributed by atoms with Gasteiger partial charge in [-0.1, -0.05) is 56.4 Å². The summed E-state index contributed by atoms with van der Waals surface area (Å²) >= 11 is 2.94. The third-order valence-corrected chi connectivity index (χ3v) is 12.2. The maximum Gasteiger partial charge on any atom is 0.305 e. The molecular formula is C32H33N3O5S2. The molecule has 0 radical (unpaired) electrons. The highest BCUT2D eigenvalue weighted by Crippen LogP contribution is 2.68. The number of carbonyl (C=O) groups excluding carboxylic acids is 3. The normalized spacial score (nSPS) is 29.3. The zero-order valence-corrected chi connectivity index (χ0v) is 25.5. The van der Waals surface area contributed by atoms with Gasteiger partial charge in [-0.05, 0) is 65.0 Å². The highest BCUT2D eigenvalue weighted by Gasteiger charge is 2.69. The van der Waals surface area contributed by atoms with E-state index in [-0.39, 0.29) is 57.6 Å². The van der Waals surface area contributed by atoms with Crippen molar-refractivity contribution in [1.29, 1.82) is 0 Å². The molecule has 10 heteroatoms. The number of likely N-dealkylation sites (tertiary alicyclic amines) is 1. The molecule has 3 amide bonds. The standard InChI is InChI=1S/C32H33N3O5S2/c1-32(2,3)16-7-5-15(6-8-16)22-23-19-13-20(26(23)41-28-27(22)42-31(39)34-28)25-24(19)29(37)35(30(25)38)14-21(36)33-17-9-11-18(40-4)12-10-17/h5-12,19-20,22-26H,13-14H2,1-4H3,(H,33,36)(H,34,39)/t19?,20?,22-,23?,24?,25?,26?/m1/s1. The summed E-state index contributed by atoms with van der Waals surface area (Å²) in [6.07, 6.45) is 0.816. The van der Waals surface area contributed by atoms with E-state index in [0.717, 1.165) is 21.9 Å². The van der Waals surface area contributed by atoms with Gasteiger partial charge >= 0.3 is 4.87 Å². The van der Waals surface area contributed by atoms with E-state index in [1.54, 1.807) is 43.1 Å². The molecule has 0 spiro atoms. The number of ether oxygens (including phenoxy) is 1. The van der Waals surface area contributed by atoms with Gasteiger partial charge in [0.05, 0.1) is 24.0 Å². The molecule has 6 unspecified atom stereocenters. The number of anilines is 1. The van der Waals surface area contributed by atoms with Crippen LogP contribution in [-0.2, 0) is 19.8 Å². The zero-order valence-electron chi connectivity index (χ0n) is 23.9. The minimum Gasteiger partial charge on any atom is -0.497 e. The van der Waals surface area contributed by atoms with E-state index < -0.39 is 17.7 Å². The number of thiazole rings is 1. The molecule has 2 aliphatic carbocycles. The average Bonchev–Trinajstić information content (AvgIpc) is 3.69. The Morgan fingerprint density at radius 1 is 1.00 bits per heavy atom. The second-order valence-corrected chi connectivity index (χ2v) is 15.1. The summed E-state index contributed by atoms with van der Waals surface area (Å²) in [6, 6.07) is 15.6. The number of aromatic nitrogens is 1. The van der Waals surface area contributed by atoms with Crippen LogP contribution in [0.2, 0.25) is 0 Å². The van der Waals surface area contributed by atoms with Gasteiger partial charge in [0.15, 0.2) is 0 Å². The Morgan fingerprint density at radius 2 is 1.67 bits per heavy atom. The summed E-state index contributed by atoms with van der Waals surface area (Å²) in [5.74, 6) is -0.901. The van der Waals surface area contributed by atoms with Gasteiger partial charge in [0.25, 0.3) is 0 Å². The van der Waals surface area contributed by atoms with Crippen molar-refractivity contribution in [2.75, 3.05) is 19.0 Å². The number of imide groups is 1. The molecule has 2 aliphatic heterocycles. The molecule has 8 nitrogen and oxygen atoms in total. The monoisotopic (exact) mass is 603 g/mol. The Balaban J connectivity index is 1.17. The molecule has 3 heterocycles. The molecule has 2 N–H and O–H groups in total. The van der Waals surface area contributed by atoms with Crippen LogP contribution in [0.15, 0.2) is 58.4 Å². The lowest BCUT2D eigenvalue weighted by atomic mass is 9.68. The number of fused-ring (bicyclic) bond motifs is 9. The van der Waals surface area contributed by atoms with Crippen molar-refractivity contribution in [3.05, 3.63) is 74.2 Å². The van der Waals surface area contributed by atoms with Crippen molar-refractivity contribution in [3.63, 3.8) is 0 Å². The third kappa shape index (κ3) is 4.25. The molecule has 7 atom stereocenters. The number of methoxy groups -OCH3 is 1. The first kappa shape index (κ1) is 27.5. The number of nitrogens with zero attached hydrogens (tertiary/aromatic N) is 1. The molecule has 7 rings (SSSR count). The van der Waals surface area contributed by atoms with Crippen LogP contribution in [0.4, 0.5) is 5.69 Å². The molecule has 4 aliphatic rings. The number of H-pyrrole nitrogens is 1. The van der Waals surface area contributed by atoms with Crippen molar-refractivity contribution in [1.82, 2.24) is 9.88 Å². The Kier molecular flexibility index (Phi) is 6.43. The summed E-state index contributed by atoms with van der Waals surface area (Å²) in [5, 5.41) is 3.81. The van der Waals surface area contributed by atoms with Crippen LogP contribution in [-0.4, -0.2) is 46.5 Å². The zero-order chi connectivity index (χ0) is 29.5. The van der Waals surface area contributed by atoms with E-state index in [9.17, 15) is 19.2 Å². The van der Waals surface area contributed by atoms with Crippen LogP contribution in [0.25, 0.3) is 0 Å². The number of hydrogen-bond donors (Lipinski definition) is 2. The van der Waals surface area contributed by atoms with Crippen molar-refractivity contribution < 1.29 is 19.1 Å². The number of benzene rings is 2. The van der Waals surface area contributed by atoms with Gasteiger partial charge in [-0.3, -0.25) is 24.1 Å². The van der Waals surface area contributed by atoms with Gasteiger partial charge in [0, 0.05) is 21.7 Å². The highest BCUT2D eigenvalue weighted by molar-refractivity contribution is 8.00. The molecule has 3 fully saturated rings. The smallest absolute Gasteiger partial charge is 0.305 e. The van der Waals surface area contributed by atoms with E-state index in [4.69, 9.17) is 4.74 Å². The number of aromatic amines is 1. The number of hydrogen-bond acceptors (Lipinski definition) is 7. The number of carbonyl (C=O) groups is 3. The molecule has 3 aromatic rings. The van der Waals surface area contributed by atoms with Crippen LogP contribution in [0.3, 0.4) is 0 Å². The Morgan fingerprint density at radius 3 is 2.31 bits per heavy atom. The topological polar surface area (TPSA) is 109 Å². The first-order chi connectivity index (χ1) is 20.0. The molecule has 1 aromatic heterocycles. The second kappa shape index (κ2) is 9.84. The summed E-state index contributed by atoms with van der Waals surface area (Å²) in [4.78, 5) is 58.2. The lowest BCUT2D eigenvalue weighted by molar-refractivity contribution is -0.143. The minimum atomic E-state index is -0.424. The van der Waals surface area contributed by atoms with Gasteiger partial charge in [-0.25, -0.2) is 0 Å². The number of nitrogens with one attached hydrogen (secondary N) is 2. The van der Waals surface area contributed by atoms with Gasteiger partial charge in [0.2, 0.25) is 17.7 Å². The fourth-order valence-corrected chi connectivity index (χ4v) is 10.7. The molecule has 1 saturated heterocycles. The first-order valence-electron chi connectivity index (χ1n) is 14.3. The van der Waals surface area contributed by atoms with Crippen molar-refractivity contribution in [2.24, 2.45) is 29.6 Å².